The molecule has 3 heterocycles. The van der Waals surface area contributed by atoms with Gasteiger partial charge in [-0.05, 0) is 98.1 Å². The van der Waals surface area contributed by atoms with Gasteiger partial charge in [-0.3, -0.25) is 0 Å². The topological polar surface area (TPSA) is 61.1 Å². The number of rotatable bonds is 7. The van der Waals surface area contributed by atoms with Crippen LogP contribution in [0.2, 0.25) is 0 Å². The van der Waals surface area contributed by atoms with Gasteiger partial charge >= 0.3 is 0 Å². The van der Waals surface area contributed by atoms with E-state index in [1.165, 1.54) is 35.2 Å². The van der Waals surface area contributed by atoms with Crippen molar-refractivity contribution < 1.29 is 9.47 Å². The van der Waals surface area contributed by atoms with E-state index in [-0.39, 0.29) is 12.0 Å². The number of likely N-dealkylation sites (tertiary alicyclic amines) is 1. The number of benzene rings is 2. The first-order chi connectivity index (χ1) is 17.2. The quantitative estimate of drug-likeness (QED) is 0.421. The van der Waals surface area contributed by atoms with Crippen LogP contribution >= 0.6 is 0 Å². The number of amidine groups is 1. The Morgan fingerprint density at radius 3 is 2.77 bits per heavy atom. The molecule has 2 unspecified atom stereocenters. The van der Waals surface area contributed by atoms with E-state index in [2.05, 4.69) is 52.3 Å². The number of anilines is 1. The van der Waals surface area contributed by atoms with E-state index in [4.69, 9.17) is 20.2 Å². The third kappa shape index (κ3) is 5.03. The Kier molecular flexibility index (Phi) is 6.38. The molecule has 2 aromatic carbocycles. The van der Waals surface area contributed by atoms with Crippen LogP contribution in [0, 0.1) is 5.92 Å². The Labute approximate surface area is 208 Å². The molecule has 6 rings (SSSR count). The largest absolute Gasteiger partial charge is 0.486 e. The number of hydrogen-bond acceptors (Lipinski definition) is 5. The summed E-state index contributed by atoms with van der Waals surface area (Å²) in [5, 5.41) is 0. The second kappa shape index (κ2) is 9.94. The van der Waals surface area contributed by atoms with Crippen molar-refractivity contribution in [2.24, 2.45) is 10.9 Å². The zero-order valence-corrected chi connectivity index (χ0v) is 20.4. The normalized spacial score (nSPS) is 22.6. The van der Waals surface area contributed by atoms with Gasteiger partial charge in [-0.2, -0.15) is 0 Å². The maximum atomic E-state index is 8.92. The molecule has 2 saturated heterocycles. The first-order valence-electron chi connectivity index (χ1n) is 13.2. The minimum Gasteiger partial charge on any atom is -0.486 e. The van der Waals surface area contributed by atoms with Crippen LogP contribution in [-0.4, -0.2) is 62.7 Å². The van der Waals surface area contributed by atoms with Crippen molar-refractivity contribution in [1.29, 1.82) is 0 Å². The summed E-state index contributed by atoms with van der Waals surface area (Å²) >= 11 is 0. The first kappa shape index (κ1) is 22.5. The van der Waals surface area contributed by atoms with Crippen molar-refractivity contribution in [2.75, 3.05) is 50.8 Å². The van der Waals surface area contributed by atoms with Crippen molar-refractivity contribution in [3.63, 3.8) is 0 Å². The molecule has 2 atom stereocenters. The predicted octanol–water partition coefficient (Wildman–Crippen LogP) is 5.01. The standard InChI is InChI=1S/C29H35N4O2/c30-29(24-10-13-33(19-24)26-8-7-22-4-3-5-23(22)18-26)31-25(20-32-11-1-2-12-32)16-21-6-9-27-28(17-21)35-15-14-34-27/h3-4,6-9,17-18,24-25H,1-2,5,10-16,19-20H2,(H-,30,31)/q-1. The Balaban J connectivity index is 1.16. The fourth-order valence-corrected chi connectivity index (χ4v) is 5.86. The van der Waals surface area contributed by atoms with E-state index in [1.54, 1.807) is 0 Å². The summed E-state index contributed by atoms with van der Waals surface area (Å²) < 4.78 is 11.5. The lowest BCUT2D eigenvalue weighted by Gasteiger charge is -2.29. The van der Waals surface area contributed by atoms with Crippen LogP contribution in [0.1, 0.15) is 36.0 Å². The number of ether oxygens (including phenoxy) is 2. The van der Waals surface area contributed by atoms with Crippen molar-refractivity contribution in [3.05, 3.63) is 64.9 Å². The van der Waals surface area contributed by atoms with Crippen LogP contribution < -0.4 is 14.4 Å². The van der Waals surface area contributed by atoms with Crippen molar-refractivity contribution in [3.8, 4) is 11.5 Å². The van der Waals surface area contributed by atoms with Crippen LogP contribution in [0.15, 0.2) is 47.5 Å². The van der Waals surface area contributed by atoms with Gasteiger partial charge < -0.3 is 30.0 Å². The summed E-state index contributed by atoms with van der Waals surface area (Å²) in [6, 6.07) is 13.1. The lowest BCUT2D eigenvalue weighted by molar-refractivity contribution is 0.171. The van der Waals surface area contributed by atoms with Gasteiger partial charge in [0, 0.05) is 25.3 Å². The third-order valence-corrected chi connectivity index (χ3v) is 7.77. The fourth-order valence-electron chi connectivity index (χ4n) is 5.86. The molecule has 3 aliphatic heterocycles. The van der Waals surface area contributed by atoms with Crippen LogP contribution in [-0.2, 0) is 12.8 Å². The third-order valence-electron chi connectivity index (χ3n) is 7.77. The first-order valence-corrected chi connectivity index (χ1v) is 13.2. The average molecular weight is 472 g/mol. The van der Waals surface area contributed by atoms with Gasteiger partial charge in [-0.15, -0.1) is 0 Å². The molecule has 0 radical (unpaired) electrons. The van der Waals surface area contributed by atoms with Crippen molar-refractivity contribution in [2.45, 2.75) is 38.1 Å². The monoisotopic (exact) mass is 471 g/mol. The molecule has 0 amide bonds. The number of aliphatic imine (C=N–C) groups is 1. The van der Waals surface area contributed by atoms with E-state index < -0.39 is 0 Å². The van der Waals surface area contributed by atoms with Gasteiger partial charge in [-0.1, -0.05) is 30.1 Å². The SMILES string of the molecule is [NH-]C(=NC(Cc1ccc2c(c1)OCCO2)CN1CCCC1)C1CCN(c2ccc3c(c2)CC=C3)C1. The van der Waals surface area contributed by atoms with Gasteiger partial charge in [0.2, 0.25) is 0 Å². The molecule has 2 fully saturated rings. The Morgan fingerprint density at radius 1 is 1.03 bits per heavy atom. The number of nitrogens with one attached hydrogen (secondary N) is 1. The molecule has 2 aromatic rings. The molecule has 184 valence electrons. The molecule has 0 spiro atoms. The maximum absolute atomic E-state index is 8.92. The molecule has 4 aliphatic rings. The van der Waals surface area contributed by atoms with Gasteiger partial charge in [0.05, 0.1) is 0 Å². The van der Waals surface area contributed by atoms with E-state index in [9.17, 15) is 0 Å². The Morgan fingerprint density at radius 2 is 1.89 bits per heavy atom. The smallest absolute Gasteiger partial charge is 0.161 e. The molecule has 0 aromatic heterocycles. The minimum atomic E-state index is 0.0864. The van der Waals surface area contributed by atoms with E-state index >= 15 is 0 Å². The van der Waals surface area contributed by atoms with E-state index in [0.717, 1.165) is 63.5 Å². The molecule has 1 aliphatic carbocycles. The van der Waals surface area contributed by atoms with E-state index in [1.807, 2.05) is 6.07 Å². The zero-order chi connectivity index (χ0) is 23.6. The molecule has 1 N–H and O–H groups in total. The molecule has 35 heavy (non-hydrogen) atoms. The summed E-state index contributed by atoms with van der Waals surface area (Å²) in [6.45, 7) is 6.29. The van der Waals surface area contributed by atoms with Crippen LogP contribution in [0.3, 0.4) is 0 Å². The highest BCUT2D eigenvalue weighted by Crippen LogP contribution is 2.32. The summed E-state index contributed by atoms with van der Waals surface area (Å²) in [4.78, 5) is 10.00. The summed E-state index contributed by atoms with van der Waals surface area (Å²) in [7, 11) is 0. The van der Waals surface area contributed by atoms with E-state index in [0.29, 0.717) is 19.0 Å². The summed E-state index contributed by atoms with van der Waals surface area (Å²) in [5.41, 5.74) is 14.2. The van der Waals surface area contributed by atoms with Crippen molar-refractivity contribution >= 4 is 17.6 Å². The predicted molar refractivity (Wildman–Crippen MR) is 142 cm³/mol. The van der Waals surface area contributed by atoms with Gasteiger partial charge in [0.15, 0.2) is 11.5 Å². The van der Waals surface area contributed by atoms with Gasteiger partial charge in [-0.25, -0.2) is 0 Å². The van der Waals surface area contributed by atoms with Gasteiger partial charge in [0.1, 0.15) is 13.2 Å². The van der Waals surface area contributed by atoms with Crippen LogP contribution in [0.25, 0.3) is 11.8 Å². The second-order valence-corrected chi connectivity index (χ2v) is 10.3. The average Bonchev–Trinajstić information content (AvgIpc) is 3.65. The zero-order valence-electron chi connectivity index (χ0n) is 20.4. The number of hydrogen-bond donors (Lipinski definition) is 0. The molecule has 0 bridgehead atoms. The highest BCUT2D eigenvalue weighted by atomic mass is 16.6. The van der Waals surface area contributed by atoms with Crippen molar-refractivity contribution in [1.82, 2.24) is 4.90 Å². The number of nitrogens with zero attached hydrogens (tertiary/aromatic N) is 3. The second-order valence-electron chi connectivity index (χ2n) is 10.3. The molecule has 6 heteroatoms. The highest BCUT2D eigenvalue weighted by molar-refractivity contribution is 5.93. The fraction of sp³-hybridized carbons (Fsp3) is 0.483. The summed E-state index contributed by atoms with van der Waals surface area (Å²) in [5.74, 6) is 2.42. The van der Waals surface area contributed by atoms with Crippen LogP contribution in [0.5, 0.6) is 11.5 Å². The number of fused-ring (bicyclic) bond motifs is 2. The maximum Gasteiger partial charge on any atom is 0.161 e. The molecular weight excluding hydrogens is 436 g/mol. The Hall–Kier alpha value is -2.99. The Bertz CT molecular complexity index is 1120. The number of allylic oxidation sites excluding steroid dienone is 1. The molecular formula is C29H35N4O2-. The molecule has 0 saturated carbocycles. The minimum absolute atomic E-state index is 0.0864. The lowest BCUT2D eigenvalue weighted by atomic mass is 10.0. The lowest BCUT2D eigenvalue weighted by Crippen LogP contribution is -2.32. The summed E-state index contributed by atoms with van der Waals surface area (Å²) in [6.07, 6.45) is 9.83. The highest BCUT2D eigenvalue weighted by Gasteiger charge is 2.24. The van der Waals surface area contributed by atoms with Crippen LogP contribution in [0.4, 0.5) is 5.69 Å². The van der Waals surface area contributed by atoms with Gasteiger partial charge in [0.25, 0.3) is 0 Å². The molecule has 6 nitrogen and oxygen atoms in total.